The van der Waals surface area contributed by atoms with E-state index in [-0.39, 0.29) is 5.69 Å². The van der Waals surface area contributed by atoms with Crippen LogP contribution in [0.3, 0.4) is 0 Å². The Labute approximate surface area is 356 Å². The zero-order valence-electron chi connectivity index (χ0n) is 29.9. The lowest BCUT2D eigenvalue weighted by molar-refractivity contribution is -0.384. The van der Waals surface area contributed by atoms with Crippen molar-refractivity contribution in [2.24, 2.45) is 22.0 Å². The molecule has 0 saturated carbocycles. The average Bonchev–Trinajstić information content (AvgIpc) is 4.07. The van der Waals surface area contributed by atoms with E-state index >= 15 is 9.59 Å². The molecule has 0 bridgehead atoms. The molecule has 0 saturated heterocycles. The molecule has 2 aliphatic rings. The van der Waals surface area contributed by atoms with Crippen LogP contribution < -0.4 is 10.0 Å². The molecule has 11 nitrogen and oxygen atoms in total. The smallest absolute Gasteiger partial charge is 0.269 e. The van der Waals surface area contributed by atoms with Crippen molar-refractivity contribution < 1.29 is 14.5 Å². The number of amides is 2. The molecule has 2 aliphatic heterocycles. The molecule has 58 heavy (non-hydrogen) atoms. The normalized spacial score (nSPS) is 17.1. The van der Waals surface area contributed by atoms with Crippen LogP contribution in [0.25, 0.3) is 22.5 Å². The molecule has 0 N–H and O–H groups in total. The summed E-state index contributed by atoms with van der Waals surface area (Å²) in [6.45, 7) is 0. The quantitative estimate of drug-likeness (QED) is 0.0990. The minimum Gasteiger partial charge on any atom is -0.272 e. The summed E-state index contributed by atoms with van der Waals surface area (Å²) in [5.74, 6) is -3.80. The number of aromatic nitrogens is 2. The molecule has 2 aromatic heterocycles. The van der Waals surface area contributed by atoms with Crippen molar-refractivity contribution in [1.29, 1.82) is 0 Å². The lowest BCUT2D eigenvalue weighted by Gasteiger charge is -2.29. The van der Waals surface area contributed by atoms with E-state index in [0.717, 1.165) is 20.1 Å². The Hall–Kier alpha value is -6.00. The van der Waals surface area contributed by atoms with Crippen LogP contribution in [-0.4, -0.2) is 38.1 Å². The molecule has 0 aliphatic carbocycles. The van der Waals surface area contributed by atoms with E-state index in [4.69, 9.17) is 20.2 Å². The van der Waals surface area contributed by atoms with Crippen molar-refractivity contribution in [2.45, 2.75) is 5.92 Å². The summed E-state index contributed by atoms with van der Waals surface area (Å²) in [4.78, 5) is 51.5. The second kappa shape index (κ2) is 15.7. The highest BCUT2D eigenvalue weighted by Gasteiger charge is 2.53. The van der Waals surface area contributed by atoms with Gasteiger partial charge in [-0.1, -0.05) is 129 Å². The van der Waals surface area contributed by atoms with Crippen molar-refractivity contribution in [1.82, 2.24) is 9.97 Å². The fourth-order valence-corrected chi connectivity index (χ4v) is 9.28. The highest BCUT2D eigenvalue weighted by molar-refractivity contribution is 9.10. The van der Waals surface area contributed by atoms with Gasteiger partial charge in [0.15, 0.2) is 0 Å². The second-order valence-corrected chi connectivity index (χ2v) is 16.9. The third kappa shape index (κ3) is 7.10. The van der Waals surface area contributed by atoms with Crippen molar-refractivity contribution >= 4 is 93.7 Å². The Bertz CT molecular complexity index is 2580. The predicted molar refractivity (Wildman–Crippen MR) is 234 cm³/mol. The van der Waals surface area contributed by atoms with E-state index in [0.29, 0.717) is 49.8 Å². The van der Waals surface area contributed by atoms with Gasteiger partial charge in [0.05, 0.1) is 39.6 Å². The first-order valence-corrected chi connectivity index (χ1v) is 21.2. The Balaban J connectivity index is 1.19. The summed E-state index contributed by atoms with van der Waals surface area (Å²) in [7, 11) is 0. The maximum Gasteiger partial charge on any atom is 0.269 e. The number of benzene rings is 5. The van der Waals surface area contributed by atoms with Crippen molar-refractivity contribution in [3.63, 3.8) is 0 Å². The molecule has 0 spiro atoms. The van der Waals surface area contributed by atoms with Gasteiger partial charge in [0.1, 0.15) is 0 Å². The number of nitro groups is 1. The monoisotopic (exact) mass is 927 g/mol. The van der Waals surface area contributed by atoms with E-state index in [1.165, 1.54) is 44.8 Å². The largest absolute Gasteiger partial charge is 0.272 e. The summed E-state index contributed by atoms with van der Waals surface area (Å²) in [6.07, 6.45) is 0. The minimum absolute atomic E-state index is 0.123. The van der Waals surface area contributed by atoms with Crippen molar-refractivity contribution in [3.8, 4) is 22.5 Å². The molecule has 2 amide bonds. The van der Waals surface area contributed by atoms with Crippen LogP contribution in [0, 0.1) is 22.0 Å². The Kier molecular flexibility index (Phi) is 10.2. The summed E-state index contributed by atoms with van der Waals surface area (Å²) in [5.41, 5.74) is 5.73. The molecular weight excluding hydrogens is 902 g/mol. The third-order valence-electron chi connectivity index (χ3n) is 9.93. The topological polar surface area (TPSA) is 134 Å². The van der Waals surface area contributed by atoms with Crippen LogP contribution in [0.5, 0.6) is 0 Å². The number of hydrazone groups is 2. The molecule has 1 unspecified atom stereocenters. The van der Waals surface area contributed by atoms with Gasteiger partial charge in [-0.25, -0.2) is 9.97 Å². The maximum absolute atomic E-state index is 15.2. The van der Waals surface area contributed by atoms with E-state index < -0.39 is 34.5 Å². The predicted octanol–water partition coefficient (Wildman–Crippen LogP) is 10.6. The van der Waals surface area contributed by atoms with E-state index in [1.807, 2.05) is 120 Å². The standard InChI is InChI=1S/C43H27Br2N7O4S2/c44-30-17-11-25(12-18-30)33-23-57-42(46-33)50-40(53)36(38(48-50)28-7-3-1-4-8-28)35(27-15-21-32(22-16-27)52(55)56)37-39(29-9-5-2-6-10-29)49-51(41(37)54)43-47-34(24-58-43)26-13-19-31(45)20-14-26/h1-24,35-37H/t35?,36-,37+. The van der Waals surface area contributed by atoms with Crippen LogP contribution in [-0.2, 0) is 9.59 Å². The summed E-state index contributed by atoms with van der Waals surface area (Å²) in [5, 5.41) is 28.9. The summed E-state index contributed by atoms with van der Waals surface area (Å²) in [6, 6.07) is 40.2. The van der Waals surface area contributed by atoms with E-state index in [2.05, 4.69) is 31.9 Å². The maximum atomic E-state index is 15.2. The van der Waals surface area contributed by atoms with Gasteiger partial charge in [0, 0.05) is 48.9 Å². The molecule has 4 heterocycles. The average molecular weight is 930 g/mol. The van der Waals surface area contributed by atoms with Gasteiger partial charge in [0.25, 0.3) is 17.5 Å². The number of hydrogen-bond donors (Lipinski definition) is 0. The number of anilines is 2. The molecule has 15 heteroatoms. The first kappa shape index (κ1) is 37.6. The lowest BCUT2D eigenvalue weighted by Crippen LogP contribution is -2.41. The number of carbonyl (C=O) groups is 2. The van der Waals surface area contributed by atoms with E-state index in [9.17, 15) is 10.1 Å². The molecule has 0 radical (unpaired) electrons. The molecule has 5 aromatic carbocycles. The van der Waals surface area contributed by atoms with Crippen molar-refractivity contribution in [3.05, 3.63) is 180 Å². The SMILES string of the molecule is O=C1[C@@H](C(c2ccc([N+](=O)[O-])cc2)[C@H]2C(=O)N(c3nc(-c4ccc(Br)cc4)cs3)N=C2c2ccccc2)C(c2ccccc2)=NN1c1nc(-c2ccc(Br)cc2)cs1. The Morgan fingerprint density at radius 1 is 0.569 bits per heavy atom. The second-order valence-electron chi connectivity index (χ2n) is 13.4. The van der Waals surface area contributed by atoms with Crippen LogP contribution in [0.1, 0.15) is 22.6 Å². The number of nitrogens with zero attached hydrogens (tertiary/aromatic N) is 7. The molecular formula is C43H27Br2N7O4S2. The lowest BCUT2D eigenvalue weighted by atomic mass is 9.70. The van der Waals surface area contributed by atoms with Crippen LogP contribution in [0.2, 0.25) is 0 Å². The van der Waals surface area contributed by atoms with Gasteiger partial charge in [-0.15, -0.1) is 22.7 Å². The van der Waals surface area contributed by atoms with Gasteiger partial charge in [0.2, 0.25) is 10.3 Å². The Morgan fingerprint density at radius 3 is 1.38 bits per heavy atom. The number of nitro benzene ring substituents is 1. The van der Waals surface area contributed by atoms with Crippen LogP contribution in [0.4, 0.5) is 16.0 Å². The number of thiazole rings is 2. The molecule has 9 rings (SSSR count). The van der Waals surface area contributed by atoms with Gasteiger partial charge in [-0.3, -0.25) is 19.7 Å². The zero-order chi connectivity index (χ0) is 39.9. The molecule has 284 valence electrons. The van der Waals surface area contributed by atoms with Crippen LogP contribution >= 0.6 is 54.5 Å². The molecule has 3 atom stereocenters. The highest BCUT2D eigenvalue weighted by atomic mass is 79.9. The Morgan fingerprint density at radius 2 is 0.983 bits per heavy atom. The number of rotatable bonds is 10. The van der Waals surface area contributed by atoms with Gasteiger partial charge in [-0.2, -0.15) is 20.2 Å². The fraction of sp³-hybridized carbons (Fsp3) is 0.0698. The van der Waals surface area contributed by atoms with Crippen molar-refractivity contribution in [2.75, 3.05) is 10.0 Å². The number of hydrogen-bond acceptors (Lipinski definition) is 10. The van der Waals surface area contributed by atoms with Gasteiger partial charge in [-0.05, 0) is 41.0 Å². The zero-order valence-corrected chi connectivity index (χ0v) is 34.7. The summed E-state index contributed by atoms with van der Waals surface area (Å²) < 4.78 is 1.86. The summed E-state index contributed by atoms with van der Waals surface area (Å²) >= 11 is 9.53. The highest BCUT2D eigenvalue weighted by Crippen LogP contribution is 2.46. The first-order chi connectivity index (χ1) is 28.2. The number of carbonyl (C=O) groups excluding carboxylic acids is 2. The fourth-order valence-electron chi connectivity index (χ4n) is 7.17. The third-order valence-corrected chi connectivity index (χ3v) is 12.6. The number of halogens is 2. The van der Waals surface area contributed by atoms with Gasteiger partial charge < -0.3 is 0 Å². The minimum atomic E-state index is -1.04. The molecule has 0 fully saturated rings. The van der Waals surface area contributed by atoms with Crippen LogP contribution in [0.15, 0.2) is 163 Å². The molecule has 7 aromatic rings. The van der Waals surface area contributed by atoms with Gasteiger partial charge >= 0.3 is 0 Å². The van der Waals surface area contributed by atoms with E-state index in [1.54, 1.807) is 12.1 Å². The number of non-ortho nitro benzene ring substituents is 1. The first-order valence-electron chi connectivity index (χ1n) is 17.9.